The molecule has 0 radical (unpaired) electrons. The molecule has 2 fully saturated rings. The van der Waals surface area contributed by atoms with Gasteiger partial charge >= 0.3 is 0 Å². The first-order valence-corrected chi connectivity index (χ1v) is 6.79. The zero-order valence-electron chi connectivity index (χ0n) is 8.48. The summed E-state index contributed by atoms with van der Waals surface area (Å²) in [5.74, 6) is 1.38. The molecule has 2 aliphatic rings. The lowest BCUT2D eigenvalue weighted by Crippen LogP contribution is -2.46. The quantitative estimate of drug-likeness (QED) is 0.643. The molecule has 0 atom stereocenters. The van der Waals surface area contributed by atoms with Gasteiger partial charge in [0.15, 0.2) is 0 Å². The zero-order chi connectivity index (χ0) is 8.99. The molecule has 1 aliphatic carbocycles. The molecule has 0 aromatic heterocycles. The van der Waals surface area contributed by atoms with Gasteiger partial charge in [-0.1, -0.05) is 32.1 Å². The summed E-state index contributed by atoms with van der Waals surface area (Å²) < 4.78 is 0. The second-order valence-electron chi connectivity index (χ2n) is 4.39. The lowest BCUT2D eigenvalue weighted by molar-refractivity contribution is 0.349. The smallest absolute Gasteiger partial charge is 0.0645 e. The van der Waals surface area contributed by atoms with E-state index in [0.717, 1.165) is 0 Å². The zero-order valence-corrected chi connectivity index (χ0v) is 9.30. The van der Waals surface area contributed by atoms with E-state index >= 15 is 0 Å². The fourth-order valence-electron chi connectivity index (χ4n) is 2.50. The number of nitrogens with one attached hydrogen (secondary N) is 1. The van der Waals surface area contributed by atoms with Gasteiger partial charge in [0, 0.05) is 0 Å². The third-order valence-electron chi connectivity index (χ3n) is 3.31. The Bertz CT molecular complexity index is 142. The van der Waals surface area contributed by atoms with Crippen LogP contribution in [0.2, 0.25) is 0 Å². The van der Waals surface area contributed by atoms with E-state index in [1.807, 2.05) is 0 Å². The Labute approximate surface area is 86.0 Å². The second-order valence-corrected chi connectivity index (χ2v) is 5.87. The number of hydrogen-bond acceptors (Lipinski definition) is 2. The van der Waals surface area contributed by atoms with E-state index in [9.17, 15) is 0 Å². The predicted octanol–water partition coefficient (Wildman–Crippen LogP) is 3.15. The van der Waals surface area contributed by atoms with Gasteiger partial charge in [0.05, 0.1) is 4.87 Å². The predicted molar refractivity (Wildman–Crippen MR) is 60.1 cm³/mol. The van der Waals surface area contributed by atoms with Crippen LogP contribution in [0.5, 0.6) is 0 Å². The highest BCUT2D eigenvalue weighted by Crippen LogP contribution is 2.37. The van der Waals surface area contributed by atoms with Gasteiger partial charge in [-0.05, 0) is 31.6 Å². The summed E-state index contributed by atoms with van der Waals surface area (Å²) in [7, 11) is 0. The van der Waals surface area contributed by atoms with Gasteiger partial charge in [-0.25, -0.2) is 0 Å². The van der Waals surface area contributed by atoms with E-state index in [-0.39, 0.29) is 0 Å². The highest BCUT2D eigenvalue weighted by molar-refractivity contribution is 8.00. The topological polar surface area (TPSA) is 12.0 Å². The first-order valence-electron chi connectivity index (χ1n) is 5.80. The van der Waals surface area contributed by atoms with Crippen LogP contribution in [0, 0.1) is 0 Å². The summed E-state index contributed by atoms with van der Waals surface area (Å²) in [6.07, 6.45) is 11.5. The summed E-state index contributed by atoms with van der Waals surface area (Å²) in [4.78, 5) is 0.499. The number of thioether (sulfide) groups is 1. The summed E-state index contributed by atoms with van der Waals surface area (Å²) in [6.45, 7) is 1.26. The molecular formula is C11H21NS. The van der Waals surface area contributed by atoms with Gasteiger partial charge in [-0.3, -0.25) is 0 Å². The molecule has 0 unspecified atom stereocenters. The molecule has 0 amide bonds. The monoisotopic (exact) mass is 199 g/mol. The Morgan fingerprint density at radius 2 is 1.54 bits per heavy atom. The van der Waals surface area contributed by atoms with Gasteiger partial charge in [0.2, 0.25) is 0 Å². The van der Waals surface area contributed by atoms with Crippen LogP contribution in [0.4, 0.5) is 0 Å². The minimum Gasteiger partial charge on any atom is -0.303 e. The molecule has 1 nitrogen and oxygen atoms in total. The number of rotatable bonds is 0. The van der Waals surface area contributed by atoms with Crippen molar-refractivity contribution in [3.63, 3.8) is 0 Å². The Balaban J connectivity index is 1.91. The van der Waals surface area contributed by atoms with Crippen LogP contribution in [-0.2, 0) is 0 Å². The van der Waals surface area contributed by atoms with Crippen molar-refractivity contribution in [3.05, 3.63) is 0 Å². The molecule has 1 aliphatic heterocycles. The molecule has 0 bridgehead atoms. The van der Waals surface area contributed by atoms with Crippen molar-refractivity contribution in [3.8, 4) is 0 Å². The first kappa shape index (κ1) is 9.85. The maximum absolute atomic E-state index is 3.77. The third-order valence-corrected chi connectivity index (χ3v) is 4.91. The Kier molecular flexibility index (Phi) is 3.56. The molecule has 2 heteroatoms. The molecule has 1 N–H and O–H groups in total. The molecule has 0 aromatic rings. The average Bonchev–Trinajstić information content (AvgIpc) is 2.14. The minimum absolute atomic E-state index is 0.499. The van der Waals surface area contributed by atoms with Crippen molar-refractivity contribution in [2.24, 2.45) is 0 Å². The van der Waals surface area contributed by atoms with Crippen molar-refractivity contribution >= 4 is 11.8 Å². The van der Waals surface area contributed by atoms with Crippen LogP contribution in [-0.4, -0.2) is 17.2 Å². The van der Waals surface area contributed by atoms with Gasteiger partial charge in [0.25, 0.3) is 0 Å². The molecule has 13 heavy (non-hydrogen) atoms. The van der Waals surface area contributed by atoms with Gasteiger partial charge in [0.1, 0.15) is 0 Å². The summed E-state index contributed by atoms with van der Waals surface area (Å²) in [6, 6.07) is 0. The summed E-state index contributed by atoms with van der Waals surface area (Å²) >= 11 is 2.20. The van der Waals surface area contributed by atoms with Crippen LogP contribution in [0.25, 0.3) is 0 Å². The lowest BCUT2D eigenvalue weighted by Gasteiger charge is -2.39. The molecule has 1 spiro atoms. The van der Waals surface area contributed by atoms with Gasteiger partial charge < -0.3 is 5.32 Å². The van der Waals surface area contributed by atoms with E-state index in [2.05, 4.69) is 17.1 Å². The van der Waals surface area contributed by atoms with Crippen molar-refractivity contribution in [2.75, 3.05) is 12.3 Å². The molecule has 1 heterocycles. The van der Waals surface area contributed by atoms with E-state index in [0.29, 0.717) is 4.87 Å². The summed E-state index contributed by atoms with van der Waals surface area (Å²) in [5, 5.41) is 3.77. The normalized spacial score (nSPS) is 29.5. The minimum atomic E-state index is 0.499. The highest BCUT2D eigenvalue weighted by atomic mass is 32.2. The van der Waals surface area contributed by atoms with E-state index in [4.69, 9.17) is 0 Å². The Morgan fingerprint density at radius 3 is 2.15 bits per heavy atom. The maximum Gasteiger partial charge on any atom is 0.0645 e. The lowest BCUT2D eigenvalue weighted by atomic mass is 9.96. The largest absolute Gasteiger partial charge is 0.303 e. The van der Waals surface area contributed by atoms with Crippen LogP contribution in [0.3, 0.4) is 0 Å². The molecule has 1 saturated heterocycles. The summed E-state index contributed by atoms with van der Waals surface area (Å²) in [5.41, 5.74) is 0. The van der Waals surface area contributed by atoms with E-state index in [1.165, 1.54) is 63.7 Å². The van der Waals surface area contributed by atoms with Crippen molar-refractivity contribution in [1.82, 2.24) is 5.32 Å². The van der Waals surface area contributed by atoms with Crippen LogP contribution in [0.1, 0.15) is 51.4 Å². The van der Waals surface area contributed by atoms with Crippen molar-refractivity contribution < 1.29 is 0 Å². The molecular weight excluding hydrogens is 178 g/mol. The highest BCUT2D eigenvalue weighted by Gasteiger charge is 2.31. The van der Waals surface area contributed by atoms with Crippen LogP contribution >= 0.6 is 11.8 Å². The molecule has 76 valence electrons. The third kappa shape index (κ3) is 2.63. The first-order chi connectivity index (χ1) is 6.41. The maximum atomic E-state index is 3.77. The Hall–Kier alpha value is 0.310. The standard InChI is InChI=1S/C11H21NS/c1-2-4-7-11(8-5-3-1)12-9-6-10-13-11/h12H,1-10H2. The van der Waals surface area contributed by atoms with Crippen molar-refractivity contribution in [1.29, 1.82) is 0 Å². The van der Waals surface area contributed by atoms with E-state index < -0.39 is 0 Å². The average molecular weight is 199 g/mol. The fraction of sp³-hybridized carbons (Fsp3) is 1.00. The van der Waals surface area contributed by atoms with Crippen molar-refractivity contribution in [2.45, 2.75) is 56.2 Å². The fourth-order valence-corrected chi connectivity index (χ4v) is 3.97. The van der Waals surface area contributed by atoms with Gasteiger partial charge in [-0.2, -0.15) is 0 Å². The molecule has 0 aromatic carbocycles. The Morgan fingerprint density at radius 1 is 0.846 bits per heavy atom. The molecule has 1 saturated carbocycles. The van der Waals surface area contributed by atoms with Crippen LogP contribution in [0.15, 0.2) is 0 Å². The SMILES string of the molecule is C1CCCC2(CCC1)NCCCS2. The van der Waals surface area contributed by atoms with E-state index in [1.54, 1.807) is 0 Å². The molecule has 2 rings (SSSR count). The van der Waals surface area contributed by atoms with Crippen LogP contribution < -0.4 is 5.32 Å². The number of hydrogen-bond donors (Lipinski definition) is 1. The van der Waals surface area contributed by atoms with Gasteiger partial charge in [-0.15, -0.1) is 11.8 Å². The second kappa shape index (κ2) is 4.70.